The maximum Gasteiger partial charge on any atom is 0.249 e. The summed E-state index contributed by atoms with van der Waals surface area (Å²) in [6.07, 6.45) is 0.561. The second-order valence-electron chi connectivity index (χ2n) is 6.16. The zero-order valence-corrected chi connectivity index (χ0v) is 14.2. The Balaban J connectivity index is 1.92. The van der Waals surface area contributed by atoms with E-state index in [0.717, 1.165) is 5.56 Å². The summed E-state index contributed by atoms with van der Waals surface area (Å²) in [6, 6.07) is 18.4. The van der Waals surface area contributed by atoms with Gasteiger partial charge in [0.2, 0.25) is 11.8 Å². The van der Waals surface area contributed by atoms with E-state index in [9.17, 15) is 20.0 Å². The number of piperazine rings is 1. The third-order valence-electron chi connectivity index (χ3n) is 4.53. The van der Waals surface area contributed by atoms with Gasteiger partial charge in [-0.05, 0) is 24.1 Å². The molecule has 0 radical (unpaired) electrons. The molecule has 0 saturated carbocycles. The number of nitrogens with zero attached hydrogens (tertiary/aromatic N) is 3. The highest BCUT2D eigenvalue weighted by molar-refractivity contribution is 5.99. The molecule has 26 heavy (non-hydrogen) atoms. The molecule has 2 amide bonds. The van der Waals surface area contributed by atoms with Gasteiger partial charge in [-0.1, -0.05) is 42.5 Å². The number of rotatable bonds is 4. The van der Waals surface area contributed by atoms with Crippen LogP contribution in [-0.2, 0) is 16.0 Å². The summed E-state index contributed by atoms with van der Waals surface area (Å²) >= 11 is 0. The van der Waals surface area contributed by atoms with Crippen molar-refractivity contribution in [1.82, 2.24) is 4.90 Å². The van der Waals surface area contributed by atoms with E-state index >= 15 is 0 Å². The van der Waals surface area contributed by atoms with Crippen molar-refractivity contribution in [2.45, 2.75) is 12.5 Å². The first-order valence-electron chi connectivity index (χ1n) is 8.37. The number of carbonyl (C=O) groups excluding carboxylic acids is 2. The summed E-state index contributed by atoms with van der Waals surface area (Å²) < 4.78 is 0. The fourth-order valence-electron chi connectivity index (χ4n) is 3.25. The Hall–Kier alpha value is -3.17. The number of anilines is 1. The van der Waals surface area contributed by atoms with Crippen LogP contribution in [0.25, 0.3) is 0 Å². The summed E-state index contributed by atoms with van der Waals surface area (Å²) in [4.78, 5) is 27.8. The Kier molecular flexibility index (Phi) is 5.30. The second kappa shape index (κ2) is 7.81. The Morgan fingerprint density at radius 1 is 1.15 bits per heavy atom. The number of aliphatic hydroxyl groups excluding tert-OH is 1. The average molecular weight is 349 g/mol. The fourth-order valence-corrected chi connectivity index (χ4v) is 3.25. The lowest BCUT2D eigenvalue weighted by molar-refractivity contribution is -0.142. The van der Waals surface area contributed by atoms with E-state index < -0.39 is 12.5 Å². The van der Waals surface area contributed by atoms with Gasteiger partial charge in [-0.2, -0.15) is 5.26 Å². The van der Waals surface area contributed by atoms with Crippen LogP contribution in [-0.4, -0.2) is 47.6 Å². The van der Waals surface area contributed by atoms with Gasteiger partial charge in [0.15, 0.2) is 0 Å². The van der Waals surface area contributed by atoms with E-state index in [1.54, 1.807) is 29.2 Å². The quantitative estimate of drug-likeness (QED) is 0.903. The maximum atomic E-state index is 12.6. The summed E-state index contributed by atoms with van der Waals surface area (Å²) in [5.41, 5.74) is 2.01. The van der Waals surface area contributed by atoms with Crippen LogP contribution in [0.1, 0.15) is 11.1 Å². The molecule has 0 spiro atoms. The number of hydrogen-bond acceptors (Lipinski definition) is 4. The van der Waals surface area contributed by atoms with E-state index in [0.29, 0.717) is 17.7 Å². The topological polar surface area (TPSA) is 84.6 Å². The molecule has 6 nitrogen and oxygen atoms in total. The Bertz CT molecular complexity index is 845. The molecule has 3 rings (SSSR count). The zero-order chi connectivity index (χ0) is 18.5. The molecule has 1 saturated heterocycles. The van der Waals surface area contributed by atoms with Gasteiger partial charge in [0.05, 0.1) is 17.3 Å². The highest BCUT2D eigenvalue weighted by atomic mass is 16.3. The zero-order valence-electron chi connectivity index (χ0n) is 14.2. The van der Waals surface area contributed by atoms with Crippen molar-refractivity contribution in [3.63, 3.8) is 0 Å². The minimum absolute atomic E-state index is 0.114. The number of aliphatic hydroxyl groups is 1. The molecule has 132 valence electrons. The van der Waals surface area contributed by atoms with Crippen LogP contribution in [0.4, 0.5) is 5.69 Å². The van der Waals surface area contributed by atoms with E-state index in [2.05, 4.69) is 6.07 Å². The highest BCUT2D eigenvalue weighted by Crippen LogP contribution is 2.25. The van der Waals surface area contributed by atoms with Gasteiger partial charge < -0.3 is 14.9 Å². The lowest BCUT2D eigenvalue weighted by Crippen LogP contribution is -2.59. The number of amides is 2. The third kappa shape index (κ3) is 3.58. The number of nitriles is 1. The molecule has 0 aromatic heterocycles. The molecule has 1 atom stereocenters. The van der Waals surface area contributed by atoms with Crippen molar-refractivity contribution >= 4 is 17.5 Å². The maximum absolute atomic E-state index is 12.6. The van der Waals surface area contributed by atoms with Gasteiger partial charge >= 0.3 is 0 Å². The molecular formula is C20H19N3O3. The first-order chi connectivity index (χ1) is 12.6. The van der Waals surface area contributed by atoms with Gasteiger partial charge in [0, 0.05) is 6.54 Å². The minimum atomic E-state index is -0.632. The van der Waals surface area contributed by atoms with Crippen molar-refractivity contribution in [2.75, 3.05) is 24.6 Å². The molecule has 2 aromatic carbocycles. The molecule has 0 aliphatic carbocycles. The Morgan fingerprint density at radius 2 is 1.85 bits per heavy atom. The van der Waals surface area contributed by atoms with E-state index in [1.807, 2.05) is 30.3 Å². The number of hydrogen-bond donors (Lipinski definition) is 1. The van der Waals surface area contributed by atoms with E-state index in [1.165, 1.54) is 4.90 Å². The SMILES string of the molecule is N#Cc1ccccc1N1C[C@H](Cc2ccccc2)N(C(=O)CO)CC1=O. The van der Waals surface area contributed by atoms with Gasteiger partial charge in [-0.25, -0.2) is 0 Å². The van der Waals surface area contributed by atoms with Crippen LogP contribution in [0, 0.1) is 11.3 Å². The predicted octanol–water partition coefficient (Wildman–Crippen LogP) is 1.34. The monoisotopic (exact) mass is 349 g/mol. The van der Waals surface area contributed by atoms with Gasteiger partial charge in [-0.3, -0.25) is 9.59 Å². The van der Waals surface area contributed by atoms with Crippen LogP contribution in [0.5, 0.6) is 0 Å². The van der Waals surface area contributed by atoms with Crippen molar-refractivity contribution in [2.24, 2.45) is 0 Å². The highest BCUT2D eigenvalue weighted by Gasteiger charge is 2.36. The summed E-state index contributed by atoms with van der Waals surface area (Å²) in [7, 11) is 0. The van der Waals surface area contributed by atoms with E-state index in [4.69, 9.17) is 0 Å². The molecule has 1 N–H and O–H groups in total. The van der Waals surface area contributed by atoms with Crippen molar-refractivity contribution in [1.29, 1.82) is 5.26 Å². The first-order valence-corrected chi connectivity index (χ1v) is 8.37. The molecule has 2 aromatic rings. The molecule has 1 heterocycles. The molecule has 1 aliphatic rings. The first kappa shape index (κ1) is 17.6. The van der Waals surface area contributed by atoms with Crippen LogP contribution in [0.15, 0.2) is 54.6 Å². The van der Waals surface area contributed by atoms with Crippen LogP contribution in [0.2, 0.25) is 0 Å². The second-order valence-corrected chi connectivity index (χ2v) is 6.16. The summed E-state index contributed by atoms with van der Waals surface area (Å²) in [5.74, 6) is -0.730. The van der Waals surface area contributed by atoms with Crippen molar-refractivity contribution in [3.05, 3.63) is 65.7 Å². The lowest BCUT2D eigenvalue weighted by Gasteiger charge is -2.41. The molecule has 6 heteroatoms. The molecular weight excluding hydrogens is 330 g/mol. The normalized spacial score (nSPS) is 17.1. The van der Waals surface area contributed by atoms with Crippen LogP contribution in [0.3, 0.4) is 0 Å². The largest absolute Gasteiger partial charge is 0.387 e. The molecule has 0 unspecified atom stereocenters. The summed E-state index contributed by atoms with van der Waals surface area (Å²) in [6.45, 7) is -0.470. The Labute approximate surface area is 151 Å². The minimum Gasteiger partial charge on any atom is -0.387 e. The molecule has 0 bridgehead atoms. The predicted molar refractivity (Wildman–Crippen MR) is 96.2 cm³/mol. The van der Waals surface area contributed by atoms with Crippen molar-refractivity contribution in [3.8, 4) is 6.07 Å². The van der Waals surface area contributed by atoms with Crippen LogP contribution >= 0.6 is 0 Å². The smallest absolute Gasteiger partial charge is 0.249 e. The Morgan fingerprint density at radius 3 is 2.54 bits per heavy atom. The average Bonchev–Trinajstić information content (AvgIpc) is 2.69. The van der Waals surface area contributed by atoms with Crippen molar-refractivity contribution < 1.29 is 14.7 Å². The fraction of sp³-hybridized carbons (Fsp3) is 0.250. The van der Waals surface area contributed by atoms with Crippen LogP contribution < -0.4 is 4.90 Å². The molecule has 1 fully saturated rings. The number of para-hydroxylation sites is 1. The van der Waals surface area contributed by atoms with Gasteiger partial charge in [0.25, 0.3) is 0 Å². The summed E-state index contributed by atoms with van der Waals surface area (Å²) in [5, 5.41) is 18.6. The molecule has 1 aliphatic heterocycles. The van der Waals surface area contributed by atoms with Gasteiger partial charge in [0.1, 0.15) is 19.2 Å². The number of benzene rings is 2. The van der Waals surface area contributed by atoms with Gasteiger partial charge in [-0.15, -0.1) is 0 Å². The van der Waals surface area contributed by atoms with E-state index in [-0.39, 0.29) is 25.0 Å². The third-order valence-corrected chi connectivity index (χ3v) is 4.53. The lowest BCUT2D eigenvalue weighted by atomic mass is 10.0. The standard InChI is InChI=1S/C20H19N3O3/c21-11-16-8-4-5-9-18(16)23-12-17(10-15-6-2-1-3-7-15)22(13-19(23)25)20(26)14-24/h1-9,17,24H,10,12-14H2/t17-/m0/s1. The number of carbonyl (C=O) groups is 2.